The topological polar surface area (TPSA) is 49.3 Å². The Morgan fingerprint density at radius 2 is 2.04 bits per heavy atom. The van der Waals surface area contributed by atoms with Crippen molar-refractivity contribution in [2.75, 3.05) is 59.6 Å². The van der Waals surface area contributed by atoms with E-state index in [1.165, 1.54) is 32.2 Å². The molecule has 6 nitrogen and oxygen atoms in total. The summed E-state index contributed by atoms with van der Waals surface area (Å²) in [7, 11) is 1.93. The van der Waals surface area contributed by atoms with Gasteiger partial charge in [0.05, 0.1) is 19.3 Å². The molecule has 1 spiro atoms. The second-order valence-corrected chi connectivity index (χ2v) is 8.52. The average Bonchev–Trinajstić information content (AvgIpc) is 3.05. The number of aliphatic imine (C=N–C) groups is 1. The number of guanidine groups is 1. The van der Waals surface area contributed by atoms with Gasteiger partial charge in [-0.2, -0.15) is 0 Å². The maximum Gasteiger partial charge on any atom is 0.193 e. The van der Waals surface area contributed by atoms with Gasteiger partial charge in [0.25, 0.3) is 0 Å². The van der Waals surface area contributed by atoms with Crippen LogP contribution in [-0.2, 0) is 9.47 Å². The number of rotatable bonds is 5. The van der Waals surface area contributed by atoms with Crippen LogP contribution in [0.1, 0.15) is 39.0 Å². The Morgan fingerprint density at radius 1 is 1.26 bits per heavy atom. The van der Waals surface area contributed by atoms with E-state index in [0.29, 0.717) is 17.6 Å². The summed E-state index contributed by atoms with van der Waals surface area (Å²) in [6.45, 7) is 10.4. The Morgan fingerprint density at radius 3 is 2.67 bits per heavy atom. The first-order valence-electron chi connectivity index (χ1n) is 10.6. The van der Waals surface area contributed by atoms with E-state index >= 15 is 0 Å². The molecule has 0 bridgehead atoms. The molecule has 0 amide bonds. The van der Waals surface area contributed by atoms with Crippen LogP contribution in [0.2, 0.25) is 0 Å². The maximum atomic E-state index is 6.00. The van der Waals surface area contributed by atoms with Crippen LogP contribution in [0.15, 0.2) is 4.99 Å². The van der Waals surface area contributed by atoms with Crippen molar-refractivity contribution in [3.8, 4) is 0 Å². The van der Waals surface area contributed by atoms with Crippen molar-refractivity contribution < 1.29 is 9.47 Å². The number of morpholine rings is 1. The third kappa shape index (κ3) is 4.41. The van der Waals surface area contributed by atoms with Gasteiger partial charge in [0.15, 0.2) is 5.96 Å². The van der Waals surface area contributed by atoms with Crippen molar-refractivity contribution in [1.29, 1.82) is 0 Å². The largest absolute Gasteiger partial charge is 0.379 e. The second-order valence-electron chi connectivity index (χ2n) is 8.52. The van der Waals surface area contributed by atoms with Crippen LogP contribution in [0.3, 0.4) is 0 Å². The van der Waals surface area contributed by atoms with Crippen molar-refractivity contribution in [2.45, 2.75) is 51.2 Å². The van der Waals surface area contributed by atoms with Crippen LogP contribution >= 0.6 is 24.0 Å². The number of nitrogens with one attached hydrogen (secondary N) is 1. The zero-order chi connectivity index (χ0) is 18.0. The summed E-state index contributed by atoms with van der Waals surface area (Å²) in [6.07, 6.45) is 6.85. The Bertz CT molecular complexity index is 508. The molecule has 3 unspecified atom stereocenters. The van der Waals surface area contributed by atoms with Crippen LogP contribution < -0.4 is 5.32 Å². The minimum Gasteiger partial charge on any atom is -0.379 e. The number of ether oxygens (including phenoxy) is 2. The fourth-order valence-electron chi connectivity index (χ4n) is 5.42. The van der Waals surface area contributed by atoms with Crippen molar-refractivity contribution in [3.63, 3.8) is 0 Å². The van der Waals surface area contributed by atoms with Gasteiger partial charge in [0, 0.05) is 57.8 Å². The molecule has 1 N–H and O–H groups in total. The molecule has 27 heavy (non-hydrogen) atoms. The zero-order valence-electron chi connectivity index (χ0n) is 17.0. The molecule has 0 aromatic carbocycles. The van der Waals surface area contributed by atoms with Crippen LogP contribution in [0.25, 0.3) is 0 Å². The summed E-state index contributed by atoms with van der Waals surface area (Å²) in [5.74, 6) is 1.86. The minimum atomic E-state index is 0. The van der Waals surface area contributed by atoms with E-state index in [-0.39, 0.29) is 24.0 Å². The fourth-order valence-corrected chi connectivity index (χ4v) is 5.42. The summed E-state index contributed by atoms with van der Waals surface area (Å²) in [6, 6.07) is 0.546. The molecule has 2 saturated carbocycles. The molecule has 4 rings (SSSR count). The first kappa shape index (κ1) is 21.6. The lowest BCUT2D eigenvalue weighted by molar-refractivity contribution is -0.168. The monoisotopic (exact) mass is 492 g/mol. The quantitative estimate of drug-likeness (QED) is 0.362. The Kier molecular flexibility index (Phi) is 7.66. The Hall–Kier alpha value is -0.120. The number of nitrogens with zero attached hydrogens (tertiary/aromatic N) is 3. The van der Waals surface area contributed by atoms with E-state index in [9.17, 15) is 0 Å². The third-order valence-electron chi connectivity index (χ3n) is 7.16. The van der Waals surface area contributed by atoms with Crippen LogP contribution in [-0.4, -0.2) is 87.5 Å². The molecule has 2 heterocycles. The normalized spacial score (nSPS) is 33.3. The predicted octanol–water partition coefficient (Wildman–Crippen LogP) is 2.18. The lowest BCUT2D eigenvalue weighted by atomic mass is 9.51. The van der Waals surface area contributed by atoms with E-state index in [1.807, 2.05) is 7.05 Å². The molecule has 2 aliphatic heterocycles. The standard InChI is InChI=1S/C20H36N4O2.HI/c1-3-26-18-13-17(20(18)6-4-7-20)22-19(21-2)24-8-5-16(15-24)14-23-9-11-25-12-10-23;/h16-18H,3-15H2,1-2H3,(H,21,22);1H. The van der Waals surface area contributed by atoms with Gasteiger partial charge in [0.2, 0.25) is 0 Å². The predicted molar refractivity (Wildman–Crippen MR) is 119 cm³/mol. The zero-order valence-corrected chi connectivity index (χ0v) is 19.3. The summed E-state index contributed by atoms with van der Waals surface area (Å²) in [5, 5.41) is 3.81. The lowest BCUT2D eigenvalue weighted by Gasteiger charge is -2.61. The van der Waals surface area contributed by atoms with E-state index in [4.69, 9.17) is 9.47 Å². The van der Waals surface area contributed by atoms with Gasteiger partial charge in [-0.15, -0.1) is 24.0 Å². The van der Waals surface area contributed by atoms with Gasteiger partial charge in [0.1, 0.15) is 0 Å². The van der Waals surface area contributed by atoms with Gasteiger partial charge in [-0.05, 0) is 38.5 Å². The molecule has 4 aliphatic rings. The van der Waals surface area contributed by atoms with E-state index < -0.39 is 0 Å². The van der Waals surface area contributed by atoms with Gasteiger partial charge in [-0.25, -0.2) is 0 Å². The molecule has 0 aromatic rings. The number of halogens is 1. The summed E-state index contributed by atoms with van der Waals surface area (Å²) in [4.78, 5) is 9.67. The highest BCUT2D eigenvalue weighted by molar-refractivity contribution is 14.0. The summed E-state index contributed by atoms with van der Waals surface area (Å²) < 4.78 is 11.5. The molecular formula is C20H37IN4O2. The molecular weight excluding hydrogens is 455 g/mol. The smallest absolute Gasteiger partial charge is 0.193 e. The second kappa shape index (κ2) is 9.59. The fraction of sp³-hybridized carbons (Fsp3) is 0.950. The van der Waals surface area contributed by atoms with Crippen LogP contribution in [0.4, 0.5) is 0 Å². The molecule has 2 saturated heterocycles. The minimum absolute atomic E-state index is 0. The number of likely N-dealkylation sites (tertiary alicyclic amines) is 1. The average molecular weight is 492 g/mol. The third-order valence-corrected chi connectivity index (χ3v) is 7.16. The van der Waals surface area contributed by atoms with Crippen molar-refractivity contribution in [3.05, 3.63) is 0 Å². The summed E-state index contributed by atoms with van der Waals surface area (Å²) in [5.41, 5.74) is 0.388. The maximum absolute atomic E-state index is 6.00. The van der Waals surface area contributed by atoms with E-state index in [1.54, 1.807) is 0 Å². The van der Waals surface area contributed by atoms with Gasteiger partial charge in [-0.1, -0.05) is 6.42 Å². The molecule has 0 aromatic heterocycles. The van der Waals surface area contributed by atoms with Gasteiger partial charge in [-0.3, -0.25) is 9.89 Å². The molecule has 156 valence electrons. The Balaban J connectivity index is 0.00000210. The first-order chi connectivity index (χ1) is 12.7. The highest BCUT2D eigenvalue weighted by Crippen LogP contribution is 2.57. The van der Waals surface area contributed by atoms with Gasteiger partial charge >= 0.3 is 0 Å². The highest BCUT2D eigenvalue weighted by atomic mass is 127. The number of hydrogen-bond acceptors (Lipinski definition) is 4. The van der Waals surface area contributed by atoms with Crippen LogP contribution in [0.5, 0.6) is 0 Å². The molecule has 4 fully saturated rings. The van der Waals surface area contributed by atoms with E-state index in [2.05, 4.69) is 27.0 Å². The van der Waals surface area contributed by atoms with Crippen molar-refractivity contribution in [2.24, 2.45) is 16.3 Å². The SMILES string of the molecule is CCOC1CC(NC(=NC)N2CCC(CN3CCOCC3)C2)C12CCC2.I. The molecule has 2 aliphatic carbocycles. The molecule has 7 heteroatoms. The Labute approximate surface area is 181 Å². The van der Waals surface area contributed by atoms with Crippen LogP contribution in [0, 0.1) is 11.3 Å². The first-order valence-corrected chi connectivity index (χ1v) is 10.6. The van der Waals surface area contributed by atoms with E-state index in [0.717, 1.165) is 64.3 Å². The number of hydrogen-bond donors (Lipinski definition) is 1. The summed E-state index contributed by atoms with van der Waals surface area (Å²) >= 11 is 0. The molecule has 0 radical (unpaired) electrons. The van der Waals surface area contributed by atoms with Gasteiger partial charge < -0.3 is 19.7 Å². The van der Waals surface area contributed by atoms with Crippen molar-refractivity contribution >= 4 is 29.9 Å². The molecule has 3 atom stereocenters. The highest BCUT2D eigenvalue weighted by Gasteiger charge is 2.59. The van der Waals surface area contributed by atoms with Crippen molar-refractivity contribution in [1.82, 2.24) is 15.1 Å². The lowest BCUT2D eigenvalue weighted by Crippen LogP contribution is -2.68.